The molecule has 1 atom stereocenters. The van der Waals surface area contributed by atoms with Gasteiger partial charge in [0.25, 0.3) is 5.69 Å². The Labute approximate surface area is 133 Å². The second kappa shape index (κ2) is 7.87. The number of nitrogens with one attached hydrogen (secondary N) is 1. The van der Waals surface area contributed by atoms with E-state index in [-0.39, 0.29) is 17.5 Å². The molecule has 0 saturated carbocycles. The van der Waals surface area contributed by atoms with E-state index in [9.17, 15) is 19.3 Å². The number of piperidine rings is 1. The number of nitro benzene ring substituents is 1. The van der Waals surface area contributed by atoms with Gasteiger partial charge in [0.15, 0.2) is 0 Å². The molecule has 0 radical (unpaired) electrons. The minimum Gasteiger partial charge on any atom is -0.379 e. The highest BCUT2D eigenvalue weighted by Gasteiger charge is 2.23. The van der Waals surface area contributed by atoms with E-state index in [0.29, 0.717) is 18.8 Å². The number of halogens is 1. The first-order valence-electron chi connectivity index (χ1n) is 7.67. The van der Waals surface area contributed by atoms with Gasteiger partial charge in [-0.2, -0.15) is 0 Å². The largest absolute Gasteiger partial charge is 0.379 e. The molecule has 2 rings (SSSR count). The summed E-state index contributed by atoms with van der Waals surface area (Å²) in [5.74, 6) is -0.974. The molecule has 7 nitrogen and oxygen atoms in total. The molecule has 0 bridgehead atoms. The zero-order valence-corrected chi connectivity index (χ0v) is 12.8. The number of rotatable bonds is 7. The van der Waals surface area contributed by atoms with Crippen molar-refractivity contribution in [3.8, 4) is 0 Å². The van der Waals surface area contributed by atoms with Crippen LogP contribution in [-0.2, 0) is 4.79 Å². The SMILES string of the molecule is NC(=O)[C@@H]1CCCN(CCCNc2ccc(F)cc2[N+](=O)[O-])C1. The Hall–Kier alpha value is -2.22. The standard InChI is InChI=1S/C15H21FN4O3/c16-12-4-5-13(14(9-12)20(22)23)18-6-2-8-19-7-1-3-11(10-19)15(17)21/h4-5,9,11,18H,1-3,6-8,10H2,(H2,17,21)/t11-/m1/s1. The summed E-state index contributed by atoms with van der Waals surface area (Å²) in [5.41, 5.74) is 5.39. The molecule has 1 aromatic carbocycles. The van der Waals surface area contributed by atoms with Crippen LogP contribution in [0.15, 0.2) is 18.2 Å². The zero-order valence-electron chi connectivity index (χ0n) is 12.8. The molecule has 1 heterocycles. The van der Waals surface area contributed by atoms with Crippen LogP contribution in [0.5, 0.6) is 0 Å². The van der Waals surface area contributed by atoms with Crippen molar-refractivity contribution in [3.05, 3.63) is 34.1 Å². The lowest BCUT2D eigenvalue weighted by molar-refractivity contribution is -0.384. The van der Waals surface area contributed by atoms with Crippen molar-refractivity contribution in [2.24, 2.45) is 11.7 Å². The van der Waals surface area contributed by atoms with Crippen molar-refractivity contribution in [2.75, 3.05) is 31.5 Å². The van der Waals surface area contributed by atoms with E-state index in [4.69, 9.17) is 5.73 Å². The fourth-order valence-electron chi connectivity index (χ4n) is 2.82. The Kier molecular flexibility index (Phi) is 5.86. The maximum atomic E-state index is 13.1. The molecule has 0 unspecified atom stereocenters. The molecular weight excluding hydrogens is 303 g/mol. The number of nitro groups is 1. The third-order valence-electron chi connectivity index (χ3n) is 4.03. The third-order valence-corrected chi connectivity index (χ3v) is 4.03. The van der Waals surface area contributed by atoms with Crippen molar-refractivity contribution >= 4 is 17.3 Å². The van der Waals surface area contributed by atoms with E-state index in [1.54, 1.807) is 0 Å². The number of hydrogen-bond donors (Lipinski definition) is 2. The molecule has 1 aliphatic heterocycles. The second-order valence-electron chi connectivity index (χ2n) is 5.74. The van der Waals surface area contributed by atoms with E-state index in [0.717, 1.165) is 38.4 Å². The van der Waals surface area contributed by atoms with Gasteiger partial charge in [-0.15, -0.1) is 0 Å². The van der Waals surface area contributed by atoms with Crippen molar-refractivity contribution < 1.29 is 14.1 Å². The number of benzene rings is 1. The molecule has 0 aliphatic carbocycles. The number of carbonyl (C=O) groups excluding carboxylic acids is 1. The number of nitrogens with zero attached hydrogens (tertiary/aromatic N) is 2. The van der Waals surface area contributed by atoms with Gasteiger partial charge < -0.3 is 16.0 Å². The van der Waals surface area contributed by atoms with Gasteiger partial charge in [0.2, 0.25) is 5.91 Å². The molecular formula is C15H21FN4O3. The molecule has 1 saturated heterocycles. The van der Waals surface area contributed by atoms with E-state index in [1.807, 2.05) is 0 Å². The third kappa shape index (κ3) is 4.88. The van der Waals surface area contributed by atoms with E-state index in [2.05, 4.69) is 10.2 Å². The molecule has 126 valence electrons. The van der Waals surface area contributed by atoms with Gasteiger partial charge in [-0.1, -0.05) is 0 Å². The Morgan fingerprint density at radius 1 is 1.52 bits per heavy atom. The van der Waals surface area contributed by atoms with Gasteiger partial charge in [0, 0.05) is 13.1 Å². The highest BCUT2D eigenvalue weighted by atomic mass is 19.1. The fourth-order valence-corrected chi connectivity index (χ4v) is 2.82. The lowest BCUT2D eigenvalue weighted by Crippen LogP contribution is -2.41. The number of primary amides is 1. The average molecular weight is 324 g/mol. The molecule has 1 aliphatic rings. The predicted octanol–water partition coefficient (Wildman–Crippen LogP) is 1.73. The molecule has 1 amide bonds. The second-order valence-corrected chi connectivity index (χ2v) is 5.74. The molecule has 0 spiro atoms. The minimum atomic E-state index is -0.631. The van der Waals surface area contributed by atoms with Gasteiger partial charge in [0.05, 0.1) is 16.9 Å². The summed E-state index contributed by atoms with van der Waals surface area (Å²) in [5, 5.41) is 13.9. The molecule has 3 N–H and O–H groups in total. The van der Waals surface area contributed by atoms with E-state index in [1.165, 1.54) is 12.1 Å². The summed E-state index contributed by atoms with van der Waals surface area (Å²) in [7, 11) is 0. The van der Waals surface area contributed by atoms with Crippen LogP contribution >= 0.6 is 0 Å². The van der Waals surface area contributed by atoms with Crippen LogP contribution in [0.3, 0.4) is 0 Å². The normalized spacial score (nSPS) is 18.6. The molecule has 1 fully saturated rings. The molecule has 8 heteroatoms. The smallest absolute Gasteiger partial charge is 0.295 e. The number of anilines is 1. The predicted molar refractivity (Wildman–Crippen MR) is 84.5 cm³/mol. The summed E-state index contributed by atoms with van der Waals surface area (Å²) in [6, 6.07) is 3.47. The average Bonchev–Trinajstić information content (AvgIpc) is 2.52. The van der Waals surface area contributed by atoms with Gasteiger partial charge in [-0.05, 0) is 44.5 Å². The van der Waals surface area contributed by atoms with Crippen molar-refractivity contribution in [3.63, 3.8) is 0 Å². The Morgan fingerprint density at radius 2 is 2.30 bits per heavy atom. The van der Waals surface area contributed by atoms with Crippen LogP contribution < -0.4 is 11.1 Å². The number of hydrogen-bond acceptors (Lipinski definition) is 5. The van der Waals surface area contributed by atoms with Crippen molar-refractivity contribution in [1.82, 2.24) is 4.90 Å². The summed E-state index contributed by atoms with van der Waals surface area (Å²) < 4.78 is 13.1. The minimum absolute atomic E-state index is 0.0881. The van der Waals surface area contributed by atoms with E-state index < -0.39 is 10.7 Å². The highest BCUT2D eigenvalue weighted by molar-refractivity contribution is 5.76. The quantitative estimate of drug-likeness (QED) is 0.452. The van der Waals surface area contributed by atoms with Crippen LogP contribution in [0, 0.1) is 21.8 Å². The first-order valence-corrected chi connectivity index (χ1v) is 7.67. The lowest BCUT2D eigenvalue weighted by Gasteiger charge is -2.31. The van der Waals surface area contributed by atoms with Crippen LogP contribution in [0.2, 0.25) is 0 Å². The first-order chi connectivity index (χ1) is 11.0. The summed E-state index contributed by atoms with van der Waals surface area (Å²) in [6.45, 7) is 2.92. The summed E-state index contributed by atoms with van der Waals surface area (Å²) >= 11 is 0. The van der Waals surface area contributed by atoms with Gasteiger partial charge in [0.1, 0.15) is 11.5 Å². The fraction of sp³-hybridized carbons (Fsp3) is 0.533. The highest BCUT2D eigenvalue weighted by Crippen LogP contribution is 2.25. The number of nitrogens with two attached hydrogens (primary N) is 1. The first kappa shape index (κ1) is 17.1. The van der Waals surface area contributed by atoms with Crippen LogP contribution in [0.1, 0.15) is 19.3 Å². The topological polar surface area (TPSA) is 102 Å². The van der Waals surface area contributed by atoms with Crippen LogP contribution in [-0.4, -0.2) is 41.9 Å². The Morgan fingerprint density at radius 3 is 3.00 bits per heavy atom. The monoisotopic (exact) mass is 324 g/mol. The number of likely N-dealkylation sites (tertiary alicyclic amines) is 1. The van der Waals surface area contributed by atoms with E-state index >= 15 is 0 Å². The van der Waals surface area contributed by atoms with Crippen LogP contribution in [0.4, 0.5) is 15.8 Å². The Bertz CT molecular complexity index is 582. The molecule has 23 heavy (non-hydrogen) atoms. The van der Waals surface area contributed by atoms with Crippen molar-refractivity contribution in [1.29, 1.82) is 0 Å². The zero-order chi connectivity index (χ0) is 16.8. The number of amides is 1. The van der Waals surface area contributed by atoms with Gasteiger partial charge >= 0.3 is 0 Å². The van der Waals surface area contributed by atoms with Crippen molar-refractivity contribution in [2.45, 2.75) is 19.3 Å². The van der Waals surface area contributed by atoms with Crippen LogP contribution in [0.25, 0.3) is 0 Å². The van der Waals surface area contributed by atoms with Gasteiger partial charge in [-0.25, -0.2) is 4.39 Å². The summed E-state index contributed by atoms with van der Waals surface area (Å²) in [6.07, 6.45) is 2.55. The Balaban J connectivity index is 1.79. The lowest BCUT2D eigenvalue weighted by atomic mass is 9.97. The number of carbonyl (C=O) groups is 1. The van der Waals surface area contributed by atoms with Gasteiger partial charge in [-0.3, -0.25) is 14.9 Å². The molecule has 1 aromatic rings. The maximum absolute atomic E-state index is 13.1. The summed E-state index contributed by atoms with van der Waals surface area (Å²) in [4.78, 5) is 23.7. The maximum Gasteiger partial charge on any atom is 0.295 e. The molecule has 0 aromatic heterocycles.